The van der Waals surface area contributed by atoms with Crippen LogP contribution in [0.4, 0.5) is 13.2 Å². The molecule has 1 aromatic rings. The normalized spacial score (nSPS) is 33.0. The molecule has 144 valence electrons. The van der Waals surface area contributed by atoms with Crippen molar-refractivity contribution in [3.8, 4) is 5.75 Å². The van der Waals surface area contributed by atoms with Crippen LogP contribution in [0.2, 0.25) is 0 Å². The van der Waals surface area contributed by atoms with Crippen molar-refractivity contribution in [2.75, 3.05) is 32.9 Å². The van der Waals surface area contributed by atoms with E-state index in [0.717, 1.165) is 19.4 Å². The average molecular weight is 373 g/mol. The van der Waals surface area contributed by atoms with Gasteiger partial charge < -0.3 is 24.3 Å². The molecule has 0 aliphatic carbocycles. The van der Waals surface area contributed by atoms with Gasteiger partial charge >= 0.3 is 6.36 Å². The molecule has 26 heavy (non-hydrogen) atoms. The molecule has 3 saturated heterocycles. The third-order valence-corrected chi connectivity index (χ3v) is 5.39. The lowest BCUT2D eigenvalue weighted by molar-refractivity contribution is -0.275. The van der Waals surface area contributed by atoms with Crippen molar-refractivity contribution in [1.82, 2.24) is 5.32 Å². The number of halogens is 3. The monoisotopic (exact) mass is 373 g/mol. The zero-order valence-electron chi connectivity index (χ0n) is 14.3. The molecule has 0 saturated carbocycles. The van der Waals surface area contributed by atoms with Crippen molar-refractivity contribution in [2.24, 2.45) is 5.92 Å². The summed E-state index contributed by atoms with van der Waals surface area (Å²) in [6.45, 7) is 3.20. The van der Waals surface area contributed by atoms with Crippen LogP contribution in [-0.2, 0) is 14.2 Å². The van der Waals surface area contributed by atoms with Crippen LogP contribution in [0.5, 0.6) is 5.75 Å². The number of benzene rings is 1. The molecule has 3 aliphatic heterocycles. The van der Waals surface area contributed by atoms with Gasteiger partial charge in [0.05, 0.1) is 6.61 Å². The Bertz CT molecular complexity index is 609. The van der Waals surface area contributed by atoms with E-state index in [2.05, 4.69) is 10.1 Å². The number of rotatable bonds is 4. The third-order valence-electron chi connectivity index (χ3n) is 5.39. The van der Waals surface area contributed by atoms with Gasteiger partial charge in [0.15, 0.2) is 0 Å². The van der Waals surface area contributed by atoms with Crippen molar-refractivity contribution >= 4 is 0 Å². The first kappa shape index (κ1) is 18.0. The second-order valence-electron chi connectivity index (χ2n) is 6.89. The minimum absolute atomic E-state index is 0.171. The second-order valence-corrected chi connectivity index (χ2v) is 6.89. The summed E-state index contributed by atoms with van der Waals surface area (Å²) in [5.74, 6) is -0.0344. The molecule has 3 fully saturated rings. The van der Waals surface area contributed by atoms with Crippen molar-refractivity contribution in [1.29, 1.82) is 0 Å². The van der Waals surface area contributed by atoms with Gasteiger partial charge in [-0.15, -0.1) is 13.2 Å². The summed E-state index contributed by atoms with van der Waals surface area (Å²) in [5, 5.41) is 3.30. The summed E-state index contributed by atoms with van der Waals surface area (Å²) in [6, 6.07) is 6.21. The summed E-state index contributed by atoms with van der Waals surface area (Å²) in [6.07, 6.45) is -3.82. The number of ether oxygens (including phenoxy) is 4. The van der Waals surface area contributed by atoms with Gasteiger partial charge in [0.1, 0.15) is 23.6 Å². The van der Waals surface area contributed by atoms with E-state index in [1.165, 1.54) is 12.1 Å². The fourth-order valence-electron chi connectivity index (χ4n) is 4.21. The summed E-state index contributed by atoms with van der Waals surface area (Å²) in [5.41, 5.74) is -0.215. The lowest BCUT2D eigenvalue weighted by Crippen LogP contribution is -2.51. The molecule has 1 N–H and O–H groups in total. The van der Waals surface area contributed by atoms with Gasteiger partial charge in [-0.3, -0.25) is 0 Å². The Kier molecular flexibility index (Phi) is 4.85. The summed E-state index contributed by atoms with van der Waals surface area (Å²) >= 11 is 0. The average Bonchev–Trinajstić information content (AvgIpc) is 3.39. The van der Waals surface area contributed by atoms with Crippen LogP contribution in [0.25, 0.3) is 0 Å². The zero-order chi connectivity index (χ0) is 18.2. The van der Waals surface area contributed by atoms with E-state index in [1.54, 1.807) is 12.1 Å². The van der Waals surface area contributed by atoms with E-state index in [1.807, 2.05) is 0 Å². The highest BCUT2D eigenvalue weighted by Gasteiger charge is 2.67. The van der Waals surface area contributed by atoms with Crippen LogP contribution in [0.3, 0.4) is 0 Å². The van der Waals surface area contributed by atoms with E-state index >= 15 is 0 Å². The number of hydrogen-bond donors (Lipinski definition) is 1. The molecule has 3 heterocycles. The van der Waals surface area contributed by atoms with Crippen LogP contribution in [-0.4, -0.2) is 51.0 Å². The molecule has 4 rings (SSSR count). The number of hydrogen-bond acceptors (Lipinski definition) is 5. The summed E-state index contributed by atoms with van der Waals surface area (Å²) in [7, 11) is 0. The number of alkyl halides is 3. The van der Waals surface area contributed by atoms with E-state index in [4.69, 9.17) is 14.2 Å². The Labute approximate surface area is 149 Å². The molecule has 5 nitrogen and oxygen atoms in total. The van der Waals surface area contributed by atoms with Gasteiger partial charge in [-0.2, -0.15) is 0 Å². The van der Waals surface area contributed by atoms with Crippen molar-refractivity contribution in [3.05, 3.63) is 29.8 Å². The molecule has 1 aromatic carbocycles. The first-order valence-electron chi connectivity index (χ1n) is 8.93. The van der Waals surface area contributed by atoms with Gasteiger partial charge in [0.25, 0.3) is 0 Å². The standard InChI is InChI=1S/C18H22F3NO4/c19-18(20,21)25-14-4-2-1-3-13(14)16-17(26-16,12-5-8-23-9-6-12)15-11-22-7-10-24-15/h1-4,12,15-16,22H,5-11H2/t15?,16?,17-/m0/s1. The maximum atomic E-state index is 12.8. The molecule has 8 heteroatoms. The quantitative estimate of drug-likeness (QED) is 0.823. The number of para-hydroxylation sites is 1. The Morgan fingerprint density at radius 2 is 1.88 bits per heavy atom. The highest BCUT2D eigenvalue weighted by Crippen LogP contribution is 2.61. The second kappa shape index (κ2) is 6.99. The SMILES string of the molecule is FC(F)(F)Oc1ccccc1C1O[C@@]1(C1CCOCC1)C1CNCCO1. The first-order chi connectivity index (χ1) is 12.5. The van der Waals surface area contributed by atoms with Crippen molar-refractivity contribution in [3.63, 3.8) is 0 Å². The maximum Gasteiger partial charge on any atom is 0.573 e. The predicted molar refractivity (Wildman–Crippen MR) is 85.8 cm³/mol. The lowest BCUT2D eigenvalue weighted by atomic mass is 9.77. The van der Waals surface area contributed by atoms with Crippen LogP contribution in [0, 0.1) is 5.92 Å². The topological polar surface area (TPSA) is 52.2 Å². The third kappa shape index (κ3) is 3.43. The van der Waals surface area contributed by atoms with Crippen LogP contribution < -0.4 is 10.1 Å². The molecule has 0 spiro atoms. The van der Waals surface area contributed by atoms with Crippen LogP contribution >= 0.6 is 0 Å². The summed E-state index contributed by atoms with van der Waals surface area (Å²) < 4.78 is 60.2. The highest BCUT2D eigenvalue weighted by atomic mass is 19.4. The molecule has 0 bridgehead atoms. The smallest absolute Gasteiger partial charge is 0.405 e. The largest absolute Gasteiger partial charge is 0.573 e. The minimum Gasteiger partial charge on any atom is -0.405 e. The number of epoxide rings is 1. The molecule has 3 aliphatic rings. The fraction of sp³-hybridized carbons (Fsp3) is 0.667. The molecule has 2 unspecified atom stereocenters. The molecule has 3 atom stereocenters. The Hall–Kier alpha value is -1.35. The lowest BCUT2D eigenvalue weighted by Gasteiger charge is -2.36. The van der Waals surface area contributed by atoms with Gasteiger partial charge in [-0.05, 0) is 24.8 Å². The molecule has 0 aromatic heterocycles. The molecule has 0 radical (unpaired) electrons. The Morgan fingerprint density at radius 3 is 2.58 bits per heavy atom. The van der Waals surface area contributed by atoms with Gasteiger partial charge in [-0.1, -0.05) is 18.2 Å². The Balaban J connectivity index is 1.64. The predicted octanol–water partition coefficient (Wildman–Crippen LogP) is 2.81. The summed E-state index contributed by atoms with van der Waals surface area (Å²) in [4.78, 5) is 0. The molecular weight excluding hydrogens is 351 g/mol. The van der Waals surface area contributed by atoms with Crippen molar-refractivity contribution < 1.29 is 32.1 Å². The fourth-order valence-corrected chi connectivity index (χ4v) is 4.21. The molecule has 0 amide bonds. The first-order valence-corrected chi connectivity index (χ1v) is 8.93. The van der Waals surface area contributed by atoms with E-state index < -0.39 is 18.1 Å². The zero-order valence-corrected chi connectivity index (χ0v) is 14.3. The minimum atomic E-state index is -4.74. The van der Waals surface area contributed by atoms with Crippen molar-refractivity contribution in [2.45, 2.75) is 37.0 Å². The highest BCUT2D eigenvalue weighted by molar-refractivity contribution is 5.41. The van der Waals surface area contributed by atoms with Crippen LogP contribution in [0.1, 0.15) is 24.5 Å². The number of nitrogens with one attached hydrogen (secondary N) is 1. The molecular formula is C18H22F3NO4. The number of morpholine rings is 1. The van der Waals surface area contributed by atoms with Gasteiger partial charge in [0.2, 0.25) is 0 Å². The van der Waals surface area contributed by atoms with Gasteiger partial charge in [-0.25, -0.2) is 0 Å². The van der Waals surface area contributed by atoms with Crippen LogP contribution in [0.15, 0.2) is 24.3 Å². The Morgan fingerprint density at radius 1 is 1.12 bits per heavy atom. The van der Waals surface area contributed by atoms with E-state index in [-0.39, 0.29) is 17.8 Å². The van der Waals surface area contributed by atoms with Gasteiger partial charge in [0, 0.05) is 31.9 Å². The maximum absolute atomic E-state index is 12.8. The van der Waals surface area contributed by atoms with E-state index in [9.17, 15) is 13.2 Å². The van der Waals surface area contributed by atoms with E-state index in [0.29, 0.717) is 31.9 Å².